The van der Waals surface area contributed by atoms with Gasteiger partial charge >= 0.3 is 0 Å². The summed E-state index contributed by atoms with van der Waals surface area (Å²) in [6.07, 6.45) is 1.02. The van der Waals surface area contributed by atoms with E-state index in [1.807, 2.05) is 38.1 Å². The lowest BCUT2D eigenvalue weighted by molar-refractivity contribution is -0.138. The molecule has 1 aliphatic rings. The number of piperazine rings is 1. The van der Waals surface area contributed by atoms with Crippen molar-refractivity contribution in [3.63, 3.8) is 0 Å². The van der Waals surface area contributed by atoms with Crippen molar-refractivity contribution in [2.24, 2.45) is 5.73 Å². The average Bonchev–Trinajstić information content (AvgIpc) is 2.59. The third-order valence-corrected chi connectivity index (χ3v) is 4.57. The summed E-state index contributed by atoms with van der Waals surface area (Å²) in [6.45, 7) is 5.75. The summed E-state index contributed by atoms with van der Waals surface area (Å²) >= 11 is 0. The molecule has 6 heteroatoms. The SMILES string of the molecule is COc1ccccc1CCC(=O)N1CCN(C(C)C)[C@H](C(N)=O)C1. The molecule has 1 fully saturated rings. The van der Waals surface area contributed by atoms with Crippen LogP contribution < -0.4 is 10.5 Å². The van der Waals surface area contributed by atoms with E-state index in [-0.39, 0.29) is 17.9 Å². The molecular weight excluding hydrogens is 306 g/mol. The molecule has 1 aromatic rings. The maximum absolute atomic E-state index is 12.5. The summed E-state index contributed by atoms with van der Waals surface area (Å²) < 4.78 is 5.32. The first-order chi connectivity index (χ1) is 11.4. The van der Waals surface area contributed by atoms with Crippen LogP contribution in [0.3, 0.4) is 0 Å². The second kappa shape index (κ2) is 8.15. The van der Waals surface area contributed by atoms with Crippen molar-refractivity contribution in [3.05, 3.63) is 29.8 Å². The fourth-order valence-electron chi connectivity index (χ4n) is 3.20. The zero-order chi connectivity index (χ0) is 17.7. The Balaban J connectivity index is 1.96. The molecule has 6 nitrogen and oxygen atoms in total. The van der Waals surface area contributed by atoms with Gasteiger partial charge in [-0.3, -0.25) is 14.5 Å². The summed E-state index contributed by atoms with van der Waals surface area (Å²) in [7, 11) is 1.63. The molecule has 1 aromatic carbocycles. The third-order valence-electron chi connectivity index (χ3n) is 4.57. The number of benzene rings is 1. The number of methoxy groups -OCH3 is 1. The van der Waals surface area contributed by atoms with Crippen LogP contribution in [-0.4, -0.2) is 60.4 Å². The van der Waals surface area contributed by atoms with Crippen molar-refractivity contribution in [2.75, 3.05) is 26.7 Å². The van der Waals surface area contributed by atoms with E-state index < -0.39 is 6.04 Å². The lowest BCUT2D eigenvalue weighted by atomic mass is 10.1. The second-order valence-corrected chi connectivity index (χ2v) is 6.40. The maximum atomic E-state index is 12.5. The molecule has 24 heavy (non-hydrogen) atoms. The molecule has 1 saturated heterocycles. The van der Waals surface area contributed by atoms with Crippen molar-refractivity contribution in [1.82, 2.24) is 9.80 Å². The van der Waals surface area contributed by atoms with Gasteiger partial charge in [0.15, 0.2) is 0 Å². The van der Waals surface area contributed by atoms with E-state index in [0.29, 0.717) is 32.5 Å². The van der Waals surface area contributed by atoms with Crippen LogP contribution in [0.4, 0.5) is 0 Å². The Bertz CT molecular complexity index is 589. The smallest absolute Gasteiger partial charge is 0.236 e. The molecule has 0 aromatic heterocycles. The zero-order valence-electron chi connectivity index (χ0n) is 14.7. The number of hydrogen-bond donors (Lipinski definition) is 1. The van der Waals surface area contributed by atoms with Crippen LogP contribution in [-0.2, 0) is 16.0 Å². The Morgan fingerprint density at radius 3 is 2.62 bits per heavy atom. The number of primary amides is 1. The average molecular weight is 333 g/mol. The van der Waals surface area contributed by atoms with E-state index in [1.165, 1.54) is 0 Å². The number of para-hydroxylation sites is 1. The predicted octanol–water partition coefficient (Wildman–Crippen LogP) is 1.03. The highest BCUT2D eigenvalue weighted by atomic mass is 16.5. The fraction of sp³-hybridized carbons (Fsp3) is 0.556. The minimum atomic E-state index is -0.408. The highest BCUT2D eigenvalue weighted by Crippen LogP contribution is 2.20. The lowest BCUT2D eigenvalue weighted by Gasteiger charge is -2.42. The van der Waals surface area contributed by atoms with Crippen molar-refractivity contribution in [2.45, 2.75) is 38.8 Å². The number of carbonyl (C=O) groups is 2. The van der Waals surface area contributed by atoms with Crippen LogP contribution in [0, 0.1) is 0 Å². The van der Waals surface area contributed by atoms with Crippen LogP contribution in [0.25, 0.3) is 0 Å². The van der Waals surface area contributed by atoms with Gasteiger partial charge in [-0.1, -0.05) is 18.2 Å². The summed E-state index contributed by atoms with van der Waals surface area (Å²) in [4.78, 5) is 28.1. The summed E-state index contributed by atoms with van der Waals surface area (Å²) in [6, 6.07) is 7.53. The van der Waals surface area contributed by atoms with Crippen LogP contribution in [0.15, 0.2) is 24.3 Å². The summed E-state index contributed by atoms with van der Waals surface area (Å²) in [5.41, 5.74) is 6.54. The molecule has 0 saturated carbocycles. The van der Waals surface area contributed by atoms with Gasteiger partial charge in [0.05, 0.1) is 7.11 Å². The number of nitrogens with zero attached hydrogens (tertiary/aromatic N) is 2. The Morgan fingerprint density at radius 2 is 2.00 bits per heavy atom. The summed E-state index contributed by atoms with van der Waals surface area (Å²) in [5.74, 6) is 0.478. The molecule has 2 rings (SSSR count). The molecule has 0 radical (unpaired) electrons. The number of amides is 2. The van der Waals surface area contributed by atoms with Crippen LogP contribution >= 0.6 is 0 Å². The quantitative estimate of drug-likeness (QED) is 0.844. The van der Waals surface area contributed by atoms with E-state index in [0.717, 1.165) is 11.3 Å². The van der Waals surface area contributed by atoms with Crippen LogP contribution in [0.5, 0.6) is 5.75 Å². The van der Waals surface area contributed by atoms with Gasteiger partial charge in [-0.15, -0.1) is 0 Å². The van der Waals surface area contributed by atoms with E-state index in [1.54, 1.807) is 12.0 Å². The number of rotatable bonds is 6. The second-order valence-electron chi connectivity index (χ2n) is 6.40. The van der Waals surface area contributed by atoms with Gasteiger partial charge in [0.25, 0.3) is 0 Å². The molecule has 2 N–H and O–H groups in total. The molecular formula is C18H27N3O3. The van der Waals surface area contributed by atoms with Gasteiger partial charge in [-0.25, -0.2) is 0 Å². The van der Waals surface area contributed by atoms with E-state index in [2.05, 4.69) is 4.90 Å². The van der Waals surface area contributed by atoms with E-state index >= 15 is 0 Å². The van der Waals surface area contributed by atoms with Gasteiger partial charge in [-0.2, -0.15) is 0 Å². The number of carbonyl (C=O) groups excluding carboxylic acids is 2. The van der Waals surface area contributed by atoms with Gasteiger partial charge in [0, 0.05) is 32.1 Å². The van der Waals surface area contributed by atoms with Crippen LogP contribution in [0.2, 0.25) is 0 Å². The maximum Gasteiger partial charge on any atom is 0.236 e. The highest BCUT2D eigenvalue weighted by molar-refractivity contribution is 5.82. The monoisotopic (exact) mass is 333 g/mol. The van der Waals surface area contributed by atoms with Crippen molar-refractivity contribution in [3.8, 4) is 5.75 Å². The molecule has 1 atom stereocenters. The first-order valence-electron chi connectivity index (χ1n) is 8.38. The molecule has 1 heterocycles. The van der Waals surface area contributed by atoms with Gasteiger partial charge < -0.3 is 15.4 Å². The zero-order valence-corrected chi connectivity index (χ0v) is 14.7. The molecule has 2 amide bonds. The Hall–Kier alpha value is -2.08. The summed E-state index contributed by atoms with van der Waals surface area (Å²) in [5, 5.41) is 0. The molecule has 0 spiro atoms. The fourth-order valence-corrected chi connectivity index (χ4v) is 3.20. The molecule has 0 bridgehead atoms. The van der Waals surface area contributed by atoms with Gasteiger partial charge in [0.2, 0.25) is 11.8 Å². The number of ether oxygens (including phenoxy) is 1. The third kappa shape index (κ3) is 4.26. The first kappa shape index (κ1) is 18.3. The first-order valence-corrected chi connectivity index (χ1v) is 8.38. The number of aryl methyl sites for hydroxylation is 1. The predicted molar refractivity (Wildman–Crippen MR) is 92.7 cm³/mol. The van der Waals surface area contributed by atoms with E-state index in [4.69, 9.17) is 10.5 Å². The highest BCUT2D eigenvalue weighted by Gasteiger charge is 2.34. The Labute approximate surface area is 143 Å². The number of hydrogen-bond acceptors (Lipinski definition) is 4. The van der Waals surface area contributed by atoms with Crippen molar-refractivity contribution in [1.29, 1.82) is 0 Å². The Morgan fingerprint density at radius 1 is 1.29 bits per heavy atom. The molecule has 1 aliphatic heterocycles. The van der Waals surface area contributed by atoms with Crippen LogP contribution in [0.1, 0.15) is 25.8 Å². The van der Waals surface area contributed by atoms with Crippen molar-refractivity contribution >= 4 is 11.8 Å². The van der Waals surface area contributed by atoms with Gasteiger partial charge in [-0.05, 0) is 31.9 Å². The van der Waals surface area contributed by atoms with Gasteiger partial charge in [0.1, 0.15) is 11.8 Å². The molecule has 0 aliphatic carbocycles. The normalized spacial score (nSPS) is 18.7. The number of nitrogens with two attached hydrogens (primary N) is 1. The van der Waals surface area contributed by atoms with Crippen molar-refractivity contribution < 1.29 is 14.3 Å². The lowest BCUT2D eigenvalue weighted by Crippen LogP contribution is -2.61. The Kier molecular flexibility index (Phi) is 6.20. The minimum absolute atomic E-state index is 0.0514. The topological polar surface area (TPSA) is 75.9 Å². The standard InChI is InChI=1S/C18H27N3O3/c1-13(2)21-11-10-20(12-15(21)18(19)23)17(22)9-8-14-6-4-5-7-16(14)24-3/h4-7,13,15H,8-12H2,1-3H3,(H2,19,23)/t15-/m0/s1. The molecule has 0 unspecified atom stereocenters. The largest absolute Gasteiger partial charge is 0.496 e. The minimum Gasteiger partial charge on any atom is -0.496 e. The molecule has 132 valence electrons. The van der Waals surface area contributed by atoms with E-state index in [9.17, 15) is 9.59 Å².